The van der Waals surface area contributed by atoms with Crippen LogP contribution in [0.25, 0.3) is 0 Å². The zero-order valence-corrected chi connectivity index (χ0v) is 12.6. The van der Waals surface area contributed by atoms with Crippen molar-refractivity contribution in [3.8, 4) is 0 Å². The number of nitrogens with zero attached hydrogens (tertiary/aromatic N) is 4. The second kappa shape index (κ2) is 7.13. The number of ether oxygens (including phenoxy) is 1. The van der Waals surface area contributed by atoms with Crippen LogP contribution in [-0.4, -0.2) is 58.2 Å². The molecule has 0 atom stereocenters. The van der Waals surface area contributed by atoms with E-state index in [0.717, 1.165) is 32.8 Å². The second-order valence-corrected chi connectivity index (χ2v) is 6.05. The van der Waals surface area contributed by atoms with E-state index < -0.39 is 0 Å². The van der Waals surface area contributed by atoms with E-state index in [9.17, 15) is 0 Å². The Morgan fingerprint density at radius 2 is 1.71 bits per heavy atom. The van der Waals surface area contributed by atoms with Crippen molar-refractivity contribution in [3.63, 3.8) is 0 Å². The maximum atomic E-state index is 5.53. The van der Waals surface area contributed by atoms with Gasteiger partial charge >= 0.3 is 0 Å². The van der Waals surface area contributed by atoms with E-state index >= 15 is 0 Å². The molecule has 0 unspecified atom stereocenters. The smallest absolute Gasteiger partial charge is 0.225 e. The summed E-state index contributed by atoms with van der Waals surface area (Å²) in [6.45, 7) is 4.70. The summed E-state index contributed by atoms with van der Waals surface area (Å²) in [7, 11) is 0. The van der Waals surface area contributed by atoms with Gasteiger partial charge in [0.15, 0.2) is 0 Å². The van der Waals surface area contributed by atoms with E-state index in [-0.39, 0.29) is 5.54 Å². The van der Waals surface area contributed by atoms with Crippen LogP contribution in [0, 0.1) is 0 Å². The van der Waals surface area contributed by atoms with Crippen molar-refractivity contribution in [3.05, 3.63) is 12.7 Å². The summed E-state index contributed by atoms with van der Waals surface area (Å²) in [4.78, 5) is 14.9. The minimum atomic E-state index is 0.229. The molecule has 21 heavy (non-hydrogen) atoms. The Labute approximate surface area is 126 Å². The van der Waals surface area contributed by atoms with Crippen molar-refractivity contribution in [1.82, 2.24) is 19.9 Å². The first-order valence-electron chi connectivity index (χ1n) is 8.08. The average Bonchev–Trinajstić information content (AvgIpc) is 2.81. The Morgan fingerprint density at radius 3 is 2.38 bits per heavy atom. The molecule has 1 aromatic heterocycles. The van der Waals surface area contributed by atoms with Gasteiger partial charge in [0.05, 0.1) is 13.2 Å². The minimum Gasteiger partial charge on any atom is -0.379 e. The van der Waals surface area contributed by atoms with Gasteiger partial charge in [-0.2, -0.15) is 0 Å². The van der Waals surface area contributed by atoms with Crippen molar-refractivity contribution in [2.24, 2.45) is 0 Å². The highest BCUT2D eigenvalue weighted by molar-refractivity contribution is 5.22. The van der Waals surface area contributed by atoms with Crippen LogP contribution < -0.4 is 5.32 Å². The van der Waals surface area contributed by atoms with Crippen molar-refractivity contribution < 1.29 is 4.74 Å². The zero-order chi connectivity index (χ0) is 14.4. The highest BCUT2D eigenvalue weighted by Gasteiger charge is 2.37. The molecule has 0 amide bonds. The number of hydrogen-bond acceptors (Lipinski definition) is 6. The van der Waals surface area contributed by atoms with Gasteiger partial charge in [-0.25, -0.2) is 15.0 Å². The van der Waals surface area contributed by atoms with Gasteiger partial charge < -0.3 is 10.1 Å². The molecule has 1 N–H and O–H groups in total. The molecule has 0 aromatic carbocycles. The van der Waals surface area contributed by atoms with E-state index in [1.165, 1.54) is 38.5 Å². The Bertz CT molecular complexity index is 413. The van der Waals surface area contributed by atoms with Gasteiger partial charge in [0.1, 0.15) is 12.7 Å². The normalized spacial score (nSPS) is 23.4. The lowest BCUT2D eigenvalue weighted by atomic mass is 9.87. The van der Waals surface area contributed by atoms with Crippen molar-refractivity contribution in [2.45, 2.75) is 44.1 Å². The molecule has 0 bridgehead atoms. The SMILES string of the molecule is c1ncnc(NCC2(N3CCOCC3)CCCCCC2)n1. The molecular weight excluding hydrogens is 266 g/mol. The first-order chi connectivity index (χ1) is 10.4. The molecule has 6 heteroatoms. The molecule has 1 aliphatic heterocycles. The van der Waals surface area contributed by atoms with Crippen LogP contribution in [0.1, 0.15) is 38.5 Å². The van der Waals surface area contributed by atoms with Crippen LogP contribution >= 0.6 is 0 Å². The van der Waals surface area contributed by atoms with Gasteiger partial charge in [-0.15, -0.1) is 0 Å². The number of nitrogens with one attached hydrogen (secondary N) is 1. The highest BCUT2D eigenvalue weighted by atomic mass is 16.5. The predicted molar refractivity (Wildman–Crippen MR) is 81.1 cm³/mol. The first kappa shape index (κ1) is 14.7. The molecule has 1 saturated heterocycles. The molecule has 116 valence electrons. The Morgan fingerprint density at radius 1 is 1.05 bits per heavy atom. The predicted octanol–water partition coefficient (Wildman–Crippen LogP) is 1.71. The molecule has 1 aromatic rings. The number of aromatic nitrogens is 3. The highest BCUT2D eigenvalue weighted by Crippen LogP contribution is 2.33. The Balaban J connectivity index is 1.71. The van der Waals surface area contributed by atoms with E-state index in [4.69, 9.17) is 4.74 Å². The zero-order valence-electron chi connectivity index (χ0n) is 12.6. The summed E-state index contributed by atoms with van der Waals surface area (Å²) in [5.74, 6) is 0.682. The van der Waals surface area contributed by atoms with E-state index in [0.29, 0.717) is 5.95 Å². The van der Waals surface area contributed by atoms with Crippen LogP contribution in [0.4, 0.5) is 5.95 Å². The van der Waals surface area contributed by atoms with Gasteiger partial charge in [0.25, 0.3) is 0 Å². The summed E-state index contributed by atoms with van der Waals surface area (Å²) >= 11 is 0. The largest absolute Gasteiger partial charge is 0.379 e. The topological polar surface area (TPSA) is 63.2 Å². The van der Waals surface area contributed by atoms with Crippen LogP contribution in [0.3, 0.4) is 0 Å². The molecule has 1 aliphatic carbocycles. The maximum Gasteiger partial charge on any atom is 0.225 e. The number of rotatable bonds is 4. The molecule has 2 fully saturated rings. The lowest BCUT2D eigenvalue weighted by Gasteiger charge is -2.45. The third-order valence-electron chi connectivity index (χ3n) is 4.79. The Hall–Kier alpha value is -1.27. The molecule has 2 heterocycles. The molecular formula is C15H25N5O. The van der Waals surface area contributed by atoms with Crippen molar-refractivity contribution >= 4 is 5.95 Å². The summed E-state index contributed by atoms with van der Waals surface area (Å²) in [6.07, 6.45) is 11.0. The van der Waals surface area contributed by atoms with Gasteiger partial charge in [0, 0.05) is 25.2 Å². The van der Waals surface area contributed by atoms with Crippen LogP contribution in [-0.2, 0) is 4.74 Å². The third-order valence-corrected chi connectivity index (χ3v) is 4.79. The quantitative estimate of drug-likeness (QED) is 0.852. The van der Waals surface area contributed by atoms with E-state index in [2.05, 4.69) is 25.2 Å². The first-order valence-corrected chi connectivity index (χ1v) is 8.08. The van der Waals surface area contributed by atoms with Crippen molar-refractivity contribution in [1.29, 1.82) is 0 Å². The molecule has 3 rings (SSSR count). The summed E-state index contributed by atoms with van der Waals surface area (Å²) < 4.78 is 5.53. The second-order valence-electron chi connectivity index (χ2n) is 6.05. The fourth-order valence-electron chi connectivity index (χ4n) is 3.60. The van der Waals surface area contributed by atoms with Crippen LogP contribution in [0.15, 0.2) is 12.7 Å². The molecule has 0 radical (unpaired) electrons. The van der Waals surface area contributed by atoms with E-state index in [1.54, 1.807) is 12.7 Å². The average molecular weight is 291 g/mol. The van der Waals surface area contributed by atoms with Crippen LogP contribution in [0.5, 0.6) is 0 Å². The van der Waals surface area contributed by atoms with Gasteiger partial charge in [-0.05, 0) is 12.8 Å². The summed E-state index contributed by atoms with van der Waals surface area (Å²) in [6, 6.07) is 0. The van der Waals surface area contributed by atoms with Gasteiger partial charge in [-0.1, -0.05) is 25.7 Å². The Kier molecular flexibility index (Phi) is 4.98. The lowest BCUT2D eigenvalue weighted by Crippen LogP contribution is -2.57. The number of anilines is 1. The molecule has 6 nitrogen and oxygen atoms in total. The maximum absolute atomic E-state index is 5.53. The molecule has 0 spiro atoms. The monoisotopic (exact) mass is 291 g/mol. The number of morpholine rings is 1. The molecule has 1 saturated carbocycles. The third kappa shape index (κ3) is 3.68. The standard InChI is InChI=1S/C15H25N5O/c1-2-4-6-15(5-3-1,20-7-9-21-10-8-20)11-17-14-18-12-16-13-19-14/h12-13H,1-11H2,(H,16,17,18,19). The van der Waals surface area contributed by atoms with Gasteiger partial charge in [0.2, 0.25) is 5.95 Å². The van der Waals surface area contributed by atoms with E-state index in [1.807, 2.05) is 0 Å². The fourth-order valence-corrected chi connectivity index (χ4v) is 3.60. The number of hydrogen-bond donors (Lipinski definition) is 1. The summed E-state index contributed by atoms with van der Waals surface area (Å²) in [5, 5.41) is 3.44. The van der Waals surface area contributed by atoms with Crippen molar-refractivity contribution in [2.75, 3.05) is 38.2 Å². The summed E-state index contributed by atoms with van der Waals surface area (Å²) in [5.41, 5.74) is 0.229. The lowest BCUT2D eigenvalue weighted by molar-refractivity contribution is -0.0240. The van der Waals surface area contributed by atoms with Crippen LogP contribution in [0.2, 0.25) is 0 Å². The minimum absolute atomic E-state index is 0.229. The van der Waals surface area contributed by atoms with Gasteiger partial charge in [-0.3, -0.25) is 4.90 Å². The fraction of sp³-hybridized carbons (Fsp3) is 0.800. The molecule has 2 aliphatic rings.